The van der Waals surface area contributed by atoms with Crippen LogP contribution in [0.25, 0.3) is 10.2 Å². The summed E-state index contributed by atoms with van der Waals surface area (Å²) in [7, 11) is 3.25. The minimum absolute atomic E-state index is 0. The lowest BCUT2D eigenvalue weighted by Gasteiger charge is -2.30. The van der Waals surface area contributed by atoms with E-state index in [4.69, 9.17) is 14.5 Å². The molecule has 1 aromatic heterocycles. The Kier molecular flexibility index (Phi) is 9.43. The molecule has 0 radical (unpaired) electrons. The van der Waals surface area contributed by atoms with Crippen LogP contribution in [0.3, 0.4) is 0 Å². The molecular weight excluding hydrogens is 584 g/mol. The standard InChI is InChI=1S/C29H32N4O5S2.ClH/c1-31(2)16-17-32(29-30-23-18-25(37-3)26(38-4)19-27(23)39-29)28(34)21-11-13-22(14-12-21)40(35,36)33-15-7-9-20-8-5-6-10-24(20)33;/h5-6,8,10-14,18-19H,7,9,15-17H2,1-4H3;1H. The molecule has 3 aromatic carbocycles. The van der Waals surface area contributed by atoms with E-state index in [1.165, 1.54) is 27.8 Å². The molecule has 0 unspecified atom stereocenters. The van der Waals surface area contributed by atoms with Crippen LogP contribution in [0.5, 0.6) is 11.5 Å². The molecule has 0 fully saturated rings. The molecule has 9 nitrogen and oxygen atoms in total. The zero-order valence-corrected chi connectivity index (χ0v) is 25.8. The fourth-order valence-electron chi connectivity index (χ4n) is 4.74. The molecular formula is C29H33ClN4O5S2. The maximum Gasteiger partial charge on any atom is 0.264 e. The van der Waals surface area contributed by atoms with Crippen LogP contribution in [-0.2, 0) is 16.4 Å². The third-order valence-corrected chi connectivity index (χ3v) is 9.75. The maximum absolute atomic E-state index is 13.8. The number of anilines is 2. The minimum Gasteiger partial charge on any atom is -0.493 e. The third kappa shape index (κ3) is 6.13. The summed E-state index contributed by atoms with van der Waals surface area (Å²) in [6.45, 7) is 1.45. The lowest BCUT2D eigenvalue weighted by molar-refractivity contribution is 0.0985. The number of aromatic nitrogens is 1. The molecule has 0 saturated heterocycles. The van der Waals surface area contributed by atoms with Crippen molar-refractivity contribution in [3.63, 3.8) is 0 Å². The van der Waals surface area contributed by atoms with Gasteiger partial charge < -0.3 is 14.4 Å². The number of carbonyl (C=O) groups excluding carboxylic acids is 1. The van der Waals surface area contributed by atoms with Crippen molar-refractivity contribution in [2.75, 3.05) is 57.2 Å². The average Bonchev–Trinajstić information content (AvgIpc) is 3.38. The van der Waals surface area contributed by atoms with E-state index in [1.807, 2.05) is 49.3 Å². The number of carbonyl (C=O) groups is 1. The Morgan fingerprint density at radius 3 is 2.37 bits per heavy atom. The molecule has 5 rings (SSSR count). The van der Waals surface area contributed by atoms with Gasteiger partial charge in [0.1, 0.15) is 0 Å². The topological polar surface area (TPSA) is 92.3 Å². The van der Waals surface area contributed by atoms with Gasteiger partial charge in [-0.1, -0.05) is 29.5 Å². The van der Waals surface area contributed by atoms with Crippen LogP contribution in [0.2, 0.25) is 0 Å². The number of halogens is 1. The van der Waals surface area contributed by atoms with Crippen LogP contribution in [0.15, 0.2) is 65.6 Å². The van der Waals surface area contributed by atoms with E-state index in [0.29, 0.717) is 53.0 Å². The number of hydrogen-bond donors (Lipinski definition) is 0. The number of thiazole rings is 1. The number of benzene rings is 3. The molecule has 218 valence electrons. The number of aryl methyl sites for hydroxylation is 1. The summed E-state index contributed by atoms with van der Waals surface area (Å²) in [6.07, 6.45) is 1.61. The molecule has 0 atom stereocenters. The number of ether oxygens (including phenoxy) is 2. The molecule has 1 aliphatic rings. The number of methoxy groups -OCH3 is 2. The zero-order chi connectivity index (χ0) is 28.4. The first-order valence-electron chi connectivity index (χ1n) is 12.9. The van der Waals surface area contributed by atoms with Gasteiger partial charge in [0, 0.05) is 37.3 Å². The average molecular weight is 617 g/mol. The predicted molar refractivity (Wildman–Crippen MR) is 166 cm³/mol. The van der Waals surface area contributed by atoms with Crippen molar-refractivity contribution >= 4 is 60.7 Å². The molecule has 0 spiro atoms. The van der Waals surface area contributed by atoms with E-state index in [-0.39, 0.29) is 23.2 Å². The van der Waals surface area contributed by atoms with E-state index in [2.05, 4.69) is 0 Å². The van der Waals surface area contributed by atoms with Gasteiger partial charge in [0.2, 0.25) is 0 Å². The van der Waals surface area contributed by atoms with E-state index in [9.17, 15) is 13.2 Å². The van der Waals surface area contributed by atoms with Crippen molar-refractivity contribution in [2.24, 2.45) is 0 Å². The van der Waals surface area contributed by atoms with Gasteiger partial charge in [-0.2, -0.15) is 0 Å². The Balaban J connectivity index is 0.00000387. The van der Waals surface area contributed by atoms with Crippen molar-refractivity contribution in [2.45, 2.75) is 17.7 Å². The first kappa shape index (κ1) is 30.6. The fraction of sp³-hybridized carbons (Fsp3) is 0.310. The Bertz CT molecular complexity index is 1600. The molecule has 0 saturated carbocycles. The number of nitrogens with zero attached hydrogens (tertiary/aromatic N) is 4. The SMILES string of the molecule is COc1cc2nc(N(CCN(C)C)C(=O)c3ccc(S(=O)(=O)N4CCCc5ccccc54)cc3)sc2cc1OC.Cl. The molecule has 2 heterocycles. The second-order valence-corrected chi connectivity index (χ2v) is 12.6. The Morgan fingerprint density at radius 2 is 1.68 bits per heavy atom. The summed E-state index contributed by atoms with van der Waals surface area (Å²) in [6, 6.07) is 17.4. The van der Waals surface area contributed by atoms with Gasteiger partial charge in [0.15, 0.2) is 16.6 Å². The van der Waals surface area contributed by atoms with Crippen LogP contribution in [0, 0.1) is 0 Å². The number of likely N-dealkylation sites (N-methyl/N-ethyl adjacent to an activating group) is 1. The highest BCUT2D eigenvalue weighted by Gasteiger charge is 2.29. The van der Waals surface area contributed by atoms with Gasteiger partial charge in [0.25, 0.3) is 15.9 Å². The number of amides is 1. The first-order valence-corrected chi connectivity index (χ1v) is 15.2. The second-order valence-electron chi connectivity index (χ2n) is 9.77. The lowest BCUT2D eigenvalue weighted by atomic mass is 10.0. The van der Waals surface area contributed by atoms with Crippen molar-refractivity contribution in [1.82, 2.24) is 9.88 Å². The number of sulfonamides is 1. The molecule has 1 aliphatic heterocycles. The second kappa shape index (κ2) is 12.6. The highest BCUT2D eigenvalue weighted by molar-refractivity contribution is 7.92. The zero-order valence-electron chi connectivity index (χ0n) is 23.4. The smallest absolute Gasteiger partial charge is 0.264 e. The minimum atomic E-state index is -3.77. The highest BCUT2D eigenvalue weighted by Crippen LogP contribution is 2.38. The summed E-state index contributed by atoms with van der Waals surface area (Å²) < 4.78 is 40.3. The van der Waals surface area contributed by atoms with Gasteiger partial charge >= 0.3 is 0 Å². The summed E-state index contributed by atoms with van der Waals surface area (Å²) in [4.78, 5) is 22.3. The molecule has 0 aliphatic carbocycles. The van der Waals surface area contributed by atoms with Gasteiger partial charge in [-0.3, -0.25) is 14.0 Å². The van der Waals surface area contributed by atoms with Crippen molar-refractivity contribution in [1.29, 1.82) is 0 Å². The summed E-state index contributed by atoms with van der Waals surface area (Å²) in [5, 5.41) is 0.541. The number of fused-ring (bicyclic) bond motifs is 2. The van der Waals surface area contributed by atoms with E-state index < -0.39 is 10.0 Å². The van der Waals surface area contributed by atoms with Gasteiger partial charge in [-0.15, -0.1) is 12.4 Å². The number of rotatable bonds is 9. The predicted octanol–water partition coefficient (Wildman–Crippen LogP) is 5.09. The Morgan fingerprint density at radius 1 is 1.00 bits per heavy atom. The van der Waals surface area contributed by atoms with Gasteiger partial charge in [-0.25, -0.2) is 13.4 Å². The van der Waals surface area contributed by atoms with Crippen molar-refractivity contribution in [3.05, 3.63) is 71.8 Å². The summed E-state index contributed by atoms with van der Waals surface area (Å²) >= 11 is 1.39. The molecule has 1 amide bonds. The molecule has 4 aromatic rings. The number of hydrogen-bond acceptors (Lipinski definition) is 8. The number of para-hydroxylation sites is 1. The van der Waals surface area contributed by atoms with Gasteiger partial charge in [0.05, 0.1) is 35.0 Å². The van der Waals surface area contributed by atoms with Crippen LogP contribution >= 0.6 is 23.7 Å². The van der Waals surface area contributed by atoms with Crippen LogP contribution in [0.1, 0.15) is 22.3 Å². The van der Waals surface area contributed by atoms with Crippen LogP contribution in [-0.4, -0.2) is 72.2 Å². The summed E-state index contributed by atoms with van der Waals surface area (Å²) in [5.41, 5.74) is 2.81. The van der Waals surface area contributed by atoms with Crippen LogP contribution in [0.4, 0.5) is 10.8 Å². The van der Waals surface area contributed by atoms with E-state index in [1.54, 1.807) is 37.3 Å². The first-order chi connectivity index (χ1) is 19.2. The quantitative estimate of drug-likeness (QED) is 0.259. The van der Waals surface area contributed by atoms with E-state index in [0.717, 1.165) is 23.1 Å². The maximum atomic E-state index is 13.8. The summed E-state index contributed by atoms with van der Waals surface area (Å²) in [5.74, 6) is 0.891. The third-order valence-electron chi connectivity index (χ3n) is 6.89. The monoisotopic (exact) mass is 616 g/mol. The molecule has 41 heavy (non-hydrogen) atoms. The normalized spacial score (nSPS) is 13.0. The van der Waals surface area contributed by atoms with Crippen LogP contribution < -0.4 is 18.7 Å². The molecule has 12 heteroatoms. The van der Waals surface area contributed by atoms with Crippen molar-refractivity contribution in [3.8, 4) is 11.5 Å². The lowest BCUT2D eigenvalue weighted by Crippen LogP contribution is -2.37. The van der Waals surface area contributed by atoms with E-state index >= 15 is 0 Å². The highest BCUT2D eigenvalue weighted by atomic mass is 35.5. The van der Waals surface area contributed by atoms with Gasteiger partial charge in [-0.05, 0) is 62.8 Å². The van der Waals surface area contributed by atoms with Crippen molar-refractivity contribution < 1.29 is 22.7 Å². The molecule has 0 bridgehead atoms. The fourth-order valence-corrected chi connectivity index (χ4v) is 7.28. The Hall–Kier alpha value is -3.38. The Labute approximate surface area is 250 Å². The molecule has 0 N–H and O–H groups in total. The largest absolute Gasteiger partial charge is 0.493 e.